The van der Waals surface area contributed by atoms with Gasteiger partial charge in [-0.1, -0.05) is 6.08 Å². The molecule has 2 aromatic rings. The molecule has 0 saturated heterocycles. The monoisotopic (exact) mass is 257 g/mol. The molecule has 0 aromatic heterocycles. The summed E-state index contributed by atoms with van der Waals surface area (Å²) in [6.45, 7) is 0. The minimum atomic E-state index is -0.479. The minimum Gasteiger partial charge on any atom is -0.748 e. The Morgan fingerprint density at radius 1 is 1.06 bits per heavy atom. The van der Waals surface area contributed by atoms with Crippen LogP contribution in [0.1, 0.15) is 5.56 Å². The van der Waals surface area contributed by atoms with E-state index in [0.717, 1.165) is 11.8 Å². The Balaban J connectivity index is 0.000000318. The van der Waals surface area contributed by atoms with E-state index >= 15 is 0 Å². The fourth-order valence-electron chi connectivity index (χ4n) is 0.968. The van der Waals surface area contributed by atoms with E-state index in [-0.39, 0.29) is 17.1 Å². The van der Waals surface area contributed by atoms with Crippen LogP contribution in [0.15, 0.2) is 60.8 Å². The van der Waals surface area contributed by atoms with Crippen molar-refractivity contribution >= 4 is 6.08 Å². The smallest absolute Gasteiger partial charge is 0.166 e. The van der Waals surface area contributed by atoms with Crippen LogP contribution in [0, 0.1) is 10.1 Å². The topological polar surface area (TPSA) is 43.1 Å². The van der Waals surface area contributed by atoms with Crippen LogP contribution >= 0.6 is 0 Å². The second-order valence-electron chi connectivity index (χ2n) is 2.78. The summed E-state index contributed by atoms with van der Waals surface area (Å²) in [7, 11) is 0. The third kappa shape index (κ3) is 6.76. The first-order chi connectivity index (χ1) is 7.29. The maximum absolute atomic E-state index is 9.81. The molecule has 0 saturated carbocycles. The van der Waals surface area contributed by atoms with Crippen LogP contribution in [-0.4, -0.2) is 4.92 Å². The predicted octanol–water partition coefficient (Wildman–Crippen LogP) is 3.06. The zero-order chi connectivity index (χ0) is 10.9. The Kier molecular flexibility index (Phi) is 7.76. The first-order valence-corrected chi connectivity index (χ1v) is 4.49. The van der Waals surface area contributed by atoms with Gasteiger partial charge in [0.1, 0.15) is 0 Å². The average Bonchev–Trinajstić information content (AvgIpc) is 2.91. The predicted molar refractivity (Wildman–Crippen MR) is 60.1 cm³/mol. The molecule has 0 aliphatic carbocycles. The van der Waals surface area contributed by atoms with Crippen molar-refractivity contribution in [3.63, 3.8) is 0 Å². The van der Waals surface area contributed by atoms with Crippen LogP contribution in [0.3, 0.4) is 0 Å². The molecule has 4 heteroatoms. The van der Waals surface area contributed by atoms with Gasteiger partial charge in [-0.15, -0.1) is 17.7 Å². The fraction of sp³-hybridized carbons (Fsp3) is 0. The number of nitro groups is 1. The fourth-order valence-corrected chi connectivity index (χ4v) is 0.968. The van der Waals surface area contributed by atoms with Gasteiger partial charge < -0.3 is 30.3 Å². The Morgan fingerprint density at radius 2 is 1.50 bits per heavy atom. The van der Waals surface area contributed by atoms with Crippen LogP contribution in [0.4, 0.5) is 0 Å². The van der Waals surface area contributed by atoms with Crippen molar-refractivity contribution in [3.05, 3.63) is 76.5 Å². The quantitative estimate of drug-likeness (QED) is 0.359. The van der Waals surface area contributed by atoms with Gasteiger partial charge in [0.15, 0.2) is 6.20 Å². The molecule has 0 radical (unpaired) electrons. The van der Waals surface area contributed by atoms with E-state index in [1.54, 1.807) is 12.1 Å². The van der Waals surface area contributed by atoms with Crippen molar-refractivity contribution in [2.24, 2.45) is 0 Å². The zero-order valence-electron chi connectivity index (χ0n) is 8.47. The second-order valence-corrected chi connectivity index (χ2v) is 2.78. The van der Waals surface area contributed by atoms with E-state index in [4.69, 9.17) is 0 Å². The number of hydrogen-bond acceptors (Lipinski definition) is 2. The average molecular weight is 257 g/mol. The molecule has 0 aliphatic heterocycles. The van der Waals surface area contributed by atoms with Crippen LogP contribution in [0.25, 0.3) is 6.08 Å². The summed E-state index contributed by atoms with van der Waals surface area (Å²) in [6, 6.07) is 17.3. The van der Waals surface area contributed by atoms with Crippen molar-refractivity contribution in [3.8, 4) is 0 Å². The number of hydrogen-bond donors (Lipinski definition) is 0. The van der Waals surface area contributed by atoms with Gasteiger partial charge in [0, 0.05) is 22.0 Å². The molecule has 0 spiro atoms. The molecule has 16 heavy (non-hydrogen) atoms. The van der Waals surface area contributed by atoms with E-state index < -0.39 is 4.92 Å². The number of rotatable bonds is 2. The molecular weight excluding hydrogens is 246 g/mol. The van der Waals surface area contributed by atoms with E-state index in [1.807, 2.05) is 42.5 Å². The van der Waals surface area contributed by atoms with Gasteiger partial charge in [0.05, 0.1) is 0 Å². The van der Waals surface area contributed by atoms with Gasteiger partial charge in [-0.3, -0.25) is 10.1 Å². The molecule has 2 rings (SSSR count). The SMILES string of the molecule is O=[N+]([O-])C=C[c-]1cccc1.[Fe].[cH-]1[cH-][cH-][cH-][cH-]1. The molecule has 90 valence electrons. The molecule has 0 fully saturated rings. The van der Waals surface area contributed by atoms with Crippen molar-refractivity contribution < 1.29 is 22.0 Å². The summed E-state index contributed by atoms with van der Waals surface area (Å²) < 4.78 is 0. The van der Waals surface area contributed by atoms with E-state index in [2.05, 4.69) is 0 Å². The summed E-state index contributed by atoms with van der Waals surface area (Å²) in [6.07, 6.45) is 2.38. The molecule has 0 amide bonds. The van der Waals surface area contributed by atoms with Crippen LogP contribution < -0.4 is 0 Å². The second kappa shape index (κ2) is 8.65. The van der Waals surface area contributed by atoms with E-state index in [1.165, 1.54) is 6.08 Å². The molecule has 0 aliphatic rings. The molecule has 0 unspecified atom stereocenters. The van der Waals surface area contributed by atoms with E-state index in [0.29, 0.717) is 0 Å². The first kappa shape index (κ1) is 14.4. The molecule has 0 bridgehead atoms. The Morgan fingerprint density at radius 3 is 1.88 bits per heavy atom. The van der Waals surface area contributed by atoms with Crippen molar-refractivity contribution in [1.29, 1.82) is 0 Å². The maximum Gasteiger partial charge on any atom is 0.166 e. The third-order valence-corrected chi connectivity index (χ3v) is 1.63. The Bertz CT molecular complexity index is 373. The van der Waals surface area contributed by atoms with Crippen molar-refractivity contribution in [2.45, 2.75) is 0 Å². The van der Waals surface area contributed by atoms with Crippen molar-refractivity contribution in [1.82, 2.24) is 0 Å². The minimum absolute atomic E-state index is 0. The summed E-state index contributed by atoms with van der Waals surface area (Å²) in [5, 5.41) is 9.81. The maximum atomic E-state index is 9.81. The third-order valence-electron chi connectivity index (χ3n) is 1.63. The van der Waals surface area contributed by atoms with Crippen LogP contribution in [0.2, 0.25) is 0 Å². The van der Waals surface area contributed by atoms with E-state index in [9.17, 15) is 10.1 Å². The van der Waals surface area contributed by atoms with Gasteiger partial charge in [0.25, 0.3) is 0 Å². The molecule has 2 aromatic carbocycles. The first-order valence-electron chi connectivity index (χ1n) is 4.49. The summed E-state index contributed by atoms with van der Waals surface area (Å²) in [5.41, 5.74) is 0.858. The largest absolute Gasteiger partial charge is 0.748 e. The summed E-state index contributed by atoms with van der Waals surface area (Å²) in [4.78, 5) is 9.33. The van der Waals surface area contributed by atoms with Crippen molar-refractivity contribution in [2.75, 3.05) is 0 Å². The molecule has 0 N–H and O–H groups in total. The van der Waals surface area contributed by atoms with Gasteiger partial charge in [0.2, 0.25) is 0 Å². The van der Waals surface area contributed by atoms with Gasteiger partial charge in [-0.25, -0.2) is 0 Å². The summed E-state index contributed by atoms with van der Waals surface area (Å²) >= 11 is 0. The molecule has 3 nitrogen and oxygen atoms in total. The molecule has 0 heterocycles. The van der Waals surface area contributed by atoms with Gasteiger partial charge in [-0.05, 0) is 0 Å². The summed E-state index contributed by atoms with van der Waals surface area (Å²) in [5.74, 6) is 0. The zero-order valence-corrected chi connectivity index (χ0v) is 9.57. The van der Waals surface area contributed by atoms with Gasteiger partial charge >= 0.3 is 0 Å². The molecule has 0 atom stereocenters. The van der Waals surface area contributed by atoms with Gasteiger partial charge in [-0.2, -0.15) is 12.1 Å². The van der Waals surface area contributed by atoms with Crippen LogP contribution in [0.5, 0.6) is 0 Å². The normalized spacial score (nSPS) is 9.00. The Labute approximate surface area is 105 Å². The Hall–Kier alpha value is -1.64. The molecular formula is C12H11FeNO2-6. The van der Waals surface area contributed by atoms with Crippen LogP contribution in [-0.2, 0) is 17.1 Å². The number of nitrogens with zero attached hydrogens (tertiary/aromatic N) is 1. The standard InChI is InChI=1S/C7H6NO2.C5H5.Fe/c9-8(10)6-5-7-3-1-2-4-7;1-2-4-5-3-1;/h1-6H;1-5H;/q-1;-5;.